The quantitative estimate of drug-likeness (QED) is 0.469. The molecule has 0 fully saturated rings. The Morgan fingerprint density at radius 2 is 1.79 bits per heavy atom. The second-order valence-electron chi connectivity index (χ2n) is 8.05. The summed E-state index contributed by atoms with van der Waals surface area (Å²) in [5, 5.41) is 3.35. The number of amides is 2. The number of rotatable bonds is 11. The molecule has 0 saturated heterocycles. The van der Waals surface area contributed by atoms with Gasteiger partial charge in [-0.3, -0.25) is 13.9 Å². The lowest BCUT2D eigenvalue weighted by molar-refractivity contribution is -0.140. The summed E-state index contributed by atoms with van der Waals surface area (Å²) >= 11 is 12.3. The van der Waals surface area contributed by atoms with Gasteiger partial charge in [-0.25, -0.2) is 8.42 Å². The number of hydrogen-bond donors (Lipinski definition) is 1. The molecule has 0 bridgehead atoms. The third-order valence-corrected chi connectivity index (χ3v) is 7.18. The highest BCUT2D eigenvalue weighted by Gasteiger charge is 2.27. The van der Waals surface area contributed by atoms with Gasteiger partial charge in [0.1, 0.15) is 6.04 Å². The van der Waals surface area contributed by atoms with E-state index in [4.69, 9.17) is 23.2 Å². The van der Waals surface area contributed by atoms with Gasteiger partial charge in [-0.1, -0.05) is 47.5 Å². The summed E-state index contributed by atoms with van der Waals surface area (Å²) in [5.41, 5.74) is 2.22. The number of carbonyl (C=O) groups excluding carboxylic acids is 2. The zero-order valence-corrected chi connectivity index (χ0v) is 22.2. The zero-order valence-electron chi connectivity index (χ0n) is 19.8. The second kappa shape index (κ2) is 12.4. The SMILES string of the molecule is CCNC(=O)C(C)N(Cc1ccccc1C)C(=O)CCCN(c1cc(Cl)ccc1Cl)S(C)(=O)=O. The number of nitrogens with zero attached hydrogens (tertiary/aromatic N) is 2. The van der Waals surface area contributed by atoms with Gasteiger partial charge in [0.2, 0.25) is 21.8 Å². The smallest absolute Gasteiger partial charge is 0.242 e. The summed E-state index contributed by atoms with van der Waals surface area (Å²) < 4.78 is 26.0. The highest BCUT2D eigenvalue weighted by Crippen LogP contribution is 2.31. The van der Waals surface area contributed by atoms with Crippen molar-refractivity contribution in [1.82, 2.24) is 10.2 Å². The van der Waals surface area contributed by atoms with Crippen LogP contribution in [-0.4, -0.2) is 50.5 Å². The van der Waals surface area contributed by atoms with Crippen LogP contribution in [0.1, 0.15) is 37.8 Å². The van der Waals surface area contributed by atoms with Gasteiger partial charge < -0.3 is 10.2 Å². The number of aryl methyl sites for hydroxylation is 1. The van der Waals surface area contributed by atoms with Crippen molar-refractivity contribution < 1.29 is 18.0 Å². The fraction of sp³-hybridized carbons (Fsp3) is 0.417. The molecule has 186 valence electrons. The summed E-state index contributed by atoms with van der Waals surface area (Å²) in [7, 11) is -3.67. The maximum atomic E-state index is 13.2. The molecule has 0 aromatic heterocycles. The first-order valence-corrected chi connectivity index (χ1v) is 13.6. The van der Waals surface area contributed by atoms with E-state index in [1.165, 1.54) is 17.0 Å². The van der Waals surface area contributed by atoms with E-state index in [9.17, 15) is 18.0 Å². The predicted octanol–water partition coefficient (Wildman–Crippen LogP) is 4.40. The van der Waals surface area contributed by atoms with E-state index in [0.717, 1.165) is 21.7 Å². The van der Waals surface area contributed by atoms with Gasteiger partial charge in [0.25, 0.3) is 0 Å². The molecule has 10 heteroatoms. The number of nitrogens with one attached hydrogen (secondary N) is 1. The number of anilines is 1. The maximum absolute atomic E-state index is 13.2. The molecule has 0 radical (unpaired) electrons. The van der Waals surface area contributed by atoms with Crippen LogP contribution in [-0.2, 0) is 26.2 Å². The average molecular weight is 529 g/mol. The third kappa shape index (κ3) is 7.61. The molecule has 0 spiro atoms. The van der Waals surface area contributed by atoms with Crippen molar-refractivity contribution in [2.75, 3.05) is 23.7 Å². The minimum Gasteiger partial charge on any atom is -0.355 e. The Hall–Kier alpha value is -2.29. The van der Waals surface area contributed by atoms with Gasteiger partial charge in [-0.05, 0) is 56.5 Å². The van der Waals surface area contributed by atoms with Crippen LogP contribution in [0.5, 0.6) is 0 Å². The van der Waals surface area contributed by atoms with Crippen LogP contribution in [0.4, 0.5) is 5.69 Å². The standard InChI is InChI=1S/C24H31Cl2N3O4S/c1-5-27-24(31)18(3)28(16-19-10-7-6-9-17(19)2)23(30)11-8-14-29(34(4,32)33)22-15-20(25)12-13-21(22)26/h6-7,9-10,12-13,15,18H,5,8,11,14,16H2,1-4H3,(H,27,31). The first-order valence-electron chi connectivity index (χ1n) is 11.0. The fourth-order valence-electron chi connectivity index (χ4n) is 3.53. The van der Waals surface area contributed by atoms with Crippen LogP contribution in [0.15, 0.2) is 42.5 Å². The summed E-state index contributed by atoms with van der Waals surface area (Å²) in [6.07, 6.45) is 1.37. The number of hydrogen-bond acceptors (Lipinski definition) is 4. The lowest BCUT2D eigenvalue weighted by Crippen LogP contribution is -2.47. The molecule has 0 aliphatic carbocycles. The fourth-order valence-corrected chi connectivity index (χ4v) is 4.94. The Kier molecular flexibility index (Phi) is 10.2. The van der Waals surface area contributed by atoms with E-state index in [2.05, 4.69) is 5.32 Å². The Bertz CT molecular complexity index is 1120. The van der Waals surface area contributed by atoms with Gasteiger partial charge in [0.15, 0.2) is 0 Å². The third-order valence-electron chi connectivity index (χ3n) is 5.45. The Morgan fingerprint density at radius 3 is 2.41 bits per heavy atom. The van der Waals surface area contributed by atoms with E-state index < -0.39 is 16.1 Å². The zero-order chi connectivity index (χ0) is 25.5. The van der Waals surface area contributed by atoms with Gasteiger partial charge in [0, 0.05) is 31.1 Å². The summed E-state index contributed by atoms with van der Waals surface area (Å²) in [6.45, 7) is 6.24. The first kappa shape index (κ1) is 28.0. The number of halogens is 2. The topological polar surface area (TPSA) is 86.8 Å². The van der Waals surface area contributed by atoms with Crippen molar-refractivity contribution in [3.05, 3.63) is 63.6 Å². The van der Waals surface area contributed by atoms with Gasteiger partial charge in [-0.15, -0.1) is 0 Å². The van der Waals surface area contributed by atoms with Gasteiger partial charge in [-0.2, -0.15) is 0 Å². The van der Waals surface area contributed by atoms with Crippen LogP contribution in [0.25, 0.3) is 0 Å². The van der Waals surface area contributed by atoms with Crippen molar-refractivity contribution in [3.8, 4) is 0 Å². The van der Waals surface area contributed by atoms with E-state index in [1.54, 1.807) is 13.0 Å². The molecule has 2 rings (SSSR count). The monoisotopic (exact) mass is 527 g/mol. The number of carbonyl (C=O) groups is 2. The molecule has 2 aromatic carbocycles. The van der Waals surface area contributed by atoms with E-state index in [1.807, 2.05) is 38.1 Å². The maximum Gasteiger partial charge on any atom is 0.242 e. The van der Waals surface area contributed by atoms with Crippen LogP contribution in [0, 0.1) is 6.92 Å². The Balaban J connectivity index is 2.20. The molecule has 0 aliphatic rings. The predicted molar refractivity (Wildman–Crippen MR) is 138 cm³/mol. The van der Waals surface area contributed by atoms with Crippen LogP contribution in [0.2, 0.25) is 10.0 Å². The van der Waals surface area contributed by atoms with Gasteiger partial charge in [0.05, 0.1) is 17.0 Å². The number of sulfonamides is 1. The summed E-state index contributed by atoms with van der Waals surface area (Å²) in [4.78, 5) is 27.3. The van der Waals surface area contributed by atoms with Crippen molar-refractivity contribution in [3.63, 3.8) is 0 Å². The van der Waals surface area contributed by atoms with Crippen LogP contribution >= 0.6 is 23.2 Å². The van der Waals surface area contributed by atoms with Crippen LogP contribution < -0.4 is 9.62 Å². The molecule has 1 N–H and O–H groups in total. The highest BCUT2D eigenvalue weighted by atomic mass is 35.5. The molecule has 34 heavy (non-hydrogen) atoms. The number of benzene rings is 2. The molecule has 2 aromatic rings. The molecule has 0 saturated carbocycles. The minimum atomic E-state index is -3.67. The molecular weight excluding hydrogens is 497 g/mol. The average Bonchev–Trinajstić information content (AvgIpc) is 2.76. The minimum absolute atomic E-state index is 0.0401. The van der Waals surface area contributed by atoms with E-state index in [0.29, 0.717) is 11.6 Å². The molecular formula is C24H31Cl2N3O4S. The lowest BCUT2D eigenvalue weighted by atomic mass is 10.1. The lowest BCUT2D eigenvalue weighted by Gasteiger charge is -2.30. The molecule has 0 aliphatic heterocycles. The van der Waals surface area contributed by atoms with Crippen molar-refractivity contribution in [1.29, 1.82) is 0 Å². The normalized spacial score (nSPS) is 12.2. The van der Waals surface area contributed by atoms with Crippen molar-refractivity contribution in [2.45, 2.75) is 46.2 Å². The highest BCUT2D eigenvalue weighted by molar-refractivity contribution is 7.92. The Morgan fingerprint density at radius 1 is 1.12 bits per heavy atom. The Labute approximate surface area is 212 Å². The largest absolute Gasteiger partial charge is 0.355 e. The van der Waals surface area contributed by atoms with E-state index >= 15 is 0 Å². The van der Waals surface area contributed by atoms with Crippen LogP contribution in [0.3, 0.4) is 0 Å². The molecule has 7 nitrogen and oxygen atoms in total. The molecule has 1 atom stereocenters. The van der Waals surface area contributed by atoms with E-state index in [-0.39, 0.29) is 48.5 Å². The summed E-state index contributed by atoms with van der Waals surface area (Å²) in [6, 6.07) is 11.6. The van der Waals surface area contributed by atoms with Crippen molar-refractivity contribution in [2.24, 2.45) is 0 Å². The first-order chi connectivity index (χ1) is 16.0. The number of likely N-dealkylation sites (N-methyl/N-ethyl adjacent to an activating group) is 1. The molecule has 0 heterocycles. The molecule has 2 amide bonds. The second-order valence-corrected chi connectivity index (χ2v) is 10.8. The van der Waals surface area contributed by atoms with Crippen molar-refractivity contribution >= 4 is 50.7 Å². The van der Waals surface area contributed by atoms with Gasteiger partial charge >= 0.3 is 0 Å². The summed E-state index contributed by atoms with van der Waals surface area (Å²) in [5.74, 6) is -0.486. The molecule has 1 unspecified atom stereocenters.